The lowest BCUT2D eigenvalue weighted by Crippen LogP contribution is -2.45. The summed E-state index contributed by atoms with van der Waals surface area (Å²) in [4.78, 5) is 2.62. The highest BCUT2D eigenvalue weighted by Crippen LogP contribution is 2.20. The van der Waals surface area contributed by atoms with Crippen LogP contribution in [-0.4, -0.2) is 23.5 Å². The summed E-state index contributed by atoms with van der Waals surface area (Å²) in [7, 11) is 0. The second-order valence-electron chi connectivity index (χ2n) is 5.01. The number of nitrogens with zero attached hydrogens (tertiary/aromatic N) is 1. The Labute approximate surface area is 84.5 Å². The van der Waals surface area contributed by atoms with Gasteiger partial charge in [-0.3, -0.25) is 4.90 Å². The fraction of sp³-hybridized carbons (Fsp3) is 1.00. The van der Waals surface area contributed by atoms with Crippen LogP contribution in [0.5, 0.6) is 0 Å². The van der Waals surface area contributed by atoms with Gasteiger partial charge in [0.05, 0.1) is 0 Å². The monoisotopic (exact) mass is 185 g/mol. The van der Waals surface area contributed by atoms with Gasteiger partial charge in [0.1, 0.15) is 0 Å². The van der Waals surface area contributed by atoms with E-state index in [9.17, 15) is 0 Å². The van der Waals surface area contributed by atoms with Gasteiger partial charge in [-0.15, -0.1) is 0 Å². The van der Waals surface area contributed by atoms with Gasteiger partial charge in [0.2, 0.25) is 0 Å². The largest absolute Gasteiger partial charge is 0.298 e. The fourth-order valence-corrected chi connectivity index (χ4v) is 1.58. The molecule has 0 rings (SSSR count). The van der Waals surface area contributed by atoms with Crippen molar-refractivity contribution < 1.29 is 0 Å². The van der Waals surface area contributed by atoms with Gasteiger partial charge in [-0.2, -0.15) is 0 Å². The van der Waals surface area contributed by atoms with Crippen LogP contribution in [0.4, 0.5) is 0 Å². The molecule has 13 heavy (non-hydrogen) atoms. The third-order valence-electron chi connectivity index (χ3n) is 2.80. The first kappa shape index (κ1) is 13.0. The standard InChI is InChI=1S/C12H27N/c1-7-9-13(10-11(3)4)12(5,6)8-2/h11H,7-10H2,1-6H3. The molecule has 0 fully saturated rings. The first-order valence-corrected chi connectivity index (χ1v) is 5.69. The van der Waals surface area contributed by atoms with Gasteiger partial charge in [-0.1, -0.05) is 27.7 Å². The molecule has 0 aromatic carbocycles. The maximum Gasteiger partial charge on any atom is 0.0150 e. The first-order valence-electron chi connectivity index (χ1n) is 5.69. The Balaban J connectivity index is 4.22. The molecule has 0 aliphatic carbocycles. The molecule has 1 heteroatoms. The maximum absolute atomic E-state index is 2.62. The SMILES string of the molecule is CCCN(CC(C)C)C(C)(C)CC. The molecule has 1 nitrogen and oxygen atoms in total. The van der Waals surface area contributed by atoms with Crippen molar-refractivity contribution in [2.75, 3.05) is 13.1 Å². The lowest BCUT2D eigenvalue weighted by Gasteiger charge is -2.39. The minimum atomic E-state index is 0.375. The average molecular weight is 185 g/mol. The van der Waals surface area contributed by atoms with Gasteiger partial charge in [-0.05, 0) is 39.2 Å². The zero-order valence-electron chi connectivity index (χ0n) is 10.4. The zero-order valence-corrected chi connectivity index (χ0v) is 10.4. The summed E-state index contributed by atoms with van der Waals surface area (Å²) < 4.78 is 0. The molecule has 0 saturated carbocycles. The van der Waals surface area contributed by atoms with E-state index in [0.717, 1.165) is 5.92 Å². The highest BCUT2D eigenvalue weighted by atomic mass is 15.2. The Kier molecular flexibility index (Phi) is 5.62. The van der Waals surface area contributed by atoms with Crippen molar-refractivity contribution in [2.24, 2.45) is 5.92 Å². The summed E-state index contributed by atoms with van der Waals surface area (Å²) in [6.45, 7) is 16.3. The maximum atomic E-state index is 2.62. The Morgan fingerprint density at radius 2 is 1.69 bits per heavy atom. The Morgan fingerprint density at radius 3 is 2.00 bits per heavy atom. The molecule has 0 unspecified atom stereocenters. The highest BCUT2D eigenvalue weighted by Gasteiger charge is 2.23. The summed E-state index contributed by atoms with van der Waals surface area (Å²) in [6.07, 6.45) is 2.50. The van der Waals surface area contributed by atoms with Gasteiger partial charge >= 0.3 is 0 Å². The predicted molar refractivity (Wildman–Crippen MR) is 61.1 cm³/mol. The Morgan fingerprint density at radius 1 is 1.15 bits per heavy atom. The van der Waals surface area contributed by atoms with Gasteiger partial charge in [0.25, 0.3) is 0 Å². The summed E-state index contributed by atoms with van der Waals surface area (Å²) in [6, 6.07) is 0. The van der Waals surface area contributed by atoms with Crippen LogP contribution in [0.15, 0.2) is 0 Å². The van der Waals surface area contributed by atoms with Crippen LogP contribution in [0.1, 0.15) is 54.4 Å². The number of rotatable bonds is 6. The van der Waals surface area contributed by atoms with E-state index in [1.54, 1.807) is 0 Å². The van der Waals surface area contributed by atoms with Crippen molar-refractivity contribution in [2.45, 2.75) is 59.9 Å². The van der Waals surface area contributed by atoms with Crippen molar-refractivity contribution in [3.8, 4) is 0 Å². The van der Waals surface area contributed by atoms with Crippen LogP contribution in [0.3, 0.4) is 0 Å². The van der Waals surface area contributed by atoms with Crippen LogP contribution >= 0.6 is 0 Å². The van der Waals surface area contributed by atoms with Crippen molar-refractivity contribution in [3.05, 3.63) is 0 Å². The summed E-state index contributed by atoms with van der Waals surface area (Å²) in [5.41, 5.74) is 0.375. The van der Waals surface area contributed by atoms with Crippen LogP contribution in [0.2, 0.25) is 0 Å². The molecule has 0 aliphatic rings. The predicted octanol–water partition coefficient (Wildman–Crippen LogP) is 3.54. The van der Waals surface area contributed by atoms with Gasteiger partial charge in [0.15, 0.2) is 0 Å². The third kappa shape index (κ3) is 4.66. The van der Waals surface area contributed by atoms with E-state index in [2.05, 4.69) is 46.4 Å². The molecule has 0 radical (unpaired) electrons. The molecular weight excluding hydrogens is 158 g/mol. The van der Waals surface area contributed by atoms with E-state index in [1.807, 2.05) is 0 Å². The minimum absolute atomic E-state index is 0.375. The first-order chi connectivity index (χ1) is 5.94. The van der Waals surface area contributed by atoms with Crippen molar-refractivity contribution >= 4 is 0 Å². The minimum Gasteiger partial charge on any atom is -0.298 e. The zero-order chi connectivity index (χ0) is 10.5. The highest BCUT2D eigenvalue weighted by molar-refractivity contribution is 4.80. The van der Waals surface area contributed by atoms with E-state index < -0.39 is 0 Å². The van der Waals surface area contributed by atoms with E-state index in [0.29, 0.717) is 5.54 Å². The van der Waals surface area contributed by atoms with Crippen LogP contribution < -0.4 is 0 Å². The molecular formula is C12H27N. The number of hydrogen-bond donors (Lipinski definition) is 0. The molecule has 80 valence electrons. The topological polar surface area (TPSA) is 3.24 Å². The number of hydrogen-bond acceptors (Lipinski definition) is 1. The van der Waals surface area contributed by atoms with Gasteiger partial charge in [0, 0.05) is 12.1 Å². The van der Waals surface area contributed by atoms with E-state index in [-0.39, 0.29) is 0 Å². The Hall–Kier alpha value is -0.0400. The second kappa shape index (κ2) is 5.64. The molecule has 0 aliphatic heterocycles. The second-order valence-corrected chi connectivity index (χ2v) is 5.01. The lowest BCUT2D eigenvalue weighted by atomic mass is 9.97. The van der Waals surface area contributed by atoms with Crippen molar-refractivity contribution in [1.82, 2.24) is 4.90 Å². The normalized spacial score (nSPS) is 12.9. The fourth-order valence-electron chi connectivity index (χ4n) is 1.58. The van der Waals surface area contributed by atoms with Crippen LogP contribution in [0.25, 0.3) is 0 Å². The van der Waals surface area contributed by atoms with Crippen LogP contribution in [-0.2, 0) is 0 Å². The molecule has 0 amide bonds. The Bertz CT molecular complexity index is 127. The van der Waals surface area contributed by atoms with Gasteiger partial charge in [-0.25, -0.2) is 0 Å². The molecule has 0 bridgehead atoms. The average Bonchev–Trinajstić information content (AvgIpc) is 2.03. The van der Waals surface area contributed by atoms with E-state index >= 15 is 0 Å². The molecule has 0 aromatic rings. The van der Waals surface area contributed by atoms with Gasteiger partial charge < -0.3 is 0 Å². The molecule has 0 saturated heterocycles. The van der Waals surface area contributed by atoms with E-state index in [1.165, 1.54) is 25.9 Å². The summed E-state index contributed by atoms with van der Waals surface area (Å²) >= 11 is 0. The quantitative estimate of drug-likeness (QED) is 0.612. The molecule has 0 atom stereocenters. The van der Waals surface area contributed by atoms with E-state index in [4.69, 9.17) is 0 Å². The summed E-state index contributed by atoms with van der Waals surface area (Å²) in [5, 5.41) is 0. The third-order valence-corrected chi connectivity index (χ3v) is 2.80. The molecule has 0 heterocycles. The smallest absolute Gasteiger partial charge is 0.0150 e. The molecule has 0 aromatic heterocycles. The molecule has 0 N–H and O–H groups in total. The van der Waals surface area contributed by atoms with Crippen LogP contribution in [0, 0.1) is 5.92 Å². The summed E-state index contributed by atoms with van der Waals surface area (Å²) in [5.74, 6) is 0.775. The molecule has 0 spiro atoms. The lowest BCUT2D eigenvalue weighted by molar-refractivity contribution is 0.101. The van der Waals surface area contributed by atoms with Crippen molar-refractivity contribution in [3.63, 3.8) is 0 Å². The van der Waals surface area contributed by atoms with Crippen molar-refractivity contribution in [1.29, 1.82) is 0 Å².